The molecule has 0 aliphatic rings. The van der Waals surface area contributed by atoms with E-state index in [1.807, 2.05) is 6.92 Å². The zero-order valence-corrected chi connectivity index (χ0v) is 10.6. The fraction of sp³-hybridized carbons (Fsp3) is 0.455. The largest absolute Gasteiger partial charge is 0.494 e. The molecule has 6 heteroatoms. The number of hydrogen-bond donors (Lipinski definition) is 1. The summed E-state index contributed by atoms with van der Waals surface area (Å²) in [4.78, 5) is 0. The van der Waals surface area contributed by atoms with Gasteiger partial charge >= 0.3 is 0 Å². The van der Waals surface area contributed by atoms with Gasteiger partial charge in [-0.1, -0.05) is 6.92 Å². The van der Waals surface area contributed by atoms with Crippen LogP contribution >= 0.6 is 0 Å². The molecule has 0 saturated heterocycles. The molecule has 5 nitrogen and oxygen atoms in total. The molecule has 0 radical (unpaired) electrons. The molecule has 2 N–H and O–H groups in total. The van der Waals surface area contributed by atoms with Gasteiger partial charge in [-0.25, -0.2) is 13.6 Å². The lowest BCUT2D eigenvalue weighted by Crippen LogP contribution is -2.21. The Bertz CT molecular complexity index is 427. The number of ether oxygens (including phenoxy) is 2. The van der Waals surface area contributed by atoms with Gasteiger partial charge in [-0.05, 0) is 30.7 Å². The Morgan fingerprint density at radius 1 is 1.06 bits per heavy atom. The minimum atomic E-state index is -3.46. The number of sulfonamides is 1. The van der Waals surface area contributed by atoms with Crippen LogP contribution in [0.3, 0.4) is 0 Å². The van der Waals surface area contributed by atoms with Crippen LogP contribution in [0.1, 0.15) is 13.3 Å². The molecule has 96 valence electrons. The number of primary sulfonamides is 1. The van der Waals surface area contributed by atoms with Crippen LogP contribution in [0.15, 0.2) is 24.3 Å². The van der Waals surface area contributed by atoms with Crippen molar-refractivity contribution in [3.8, 4) is 11.5 Å². The fourth-order valence-corrected chi connectivity index (χ4v) is 1.44. The Morgan fingerprint density at radius 3 is 1.94 bits per heavy atom. The molecule has 0 heterocycles. The highest BCUT2D eigenvalue weighted by Crippen LogP contribution is 2.17. The highest BCUT2D eigenvalue weighted by molar-refractivity contribution is 7.89. The van der Waals surface area contributed by atoms with Crippen molar-refractivity contribution >= 4 is 10.0 Å². The monoisotopic (exact) mass is 259 g/mol. The van der Waals surface area contributed by atoms with Crippen LogP contribution in [0.25, 0.3) is 0 Å². The Kier molecular flexibility index (Phi) is 5.24. The van der Waals surface area contributed by atoms with E-state index in [0.717, 1.165) is 12.2 Å². The van der Waals surface area contributed by atoms with Crippen molar-refractivity contribution in [2.24, 2.45) is 5.14 Å². The summed E-state index contributed by atoms with van der Waals surface area (Å²) in [6.45, 7) is 2.75. The summed E-state index contributed by atoms with van der Waals surface area (Å²) in [5, 5.41) is 4.85. The molecule has 0 aliphatic heterocycles. The first kappa shape index (κ1) is 13.8. The van der Waals surface area contributed by atoms with E-state index in [2.05, 4.69) is 0 Å². The molecule has 1 aromatic rings. The van der Waals surface area contributed by atoms with Gasteiger partial charge in [0.1, 0.15) is 18.1 Å². The molecular formula is C11H17NO4S. The van der Waals surface area contributed by atoms with Crippen molar-refractivity contribution in [3.63, 3.8) is 0 Å². The third-order valence-electron chi connectivity index (χ3n) is 1.93. The van der Waals surface area contributed by atoms with Gasteiger partial charge in [-0.2, -0.15) is 0 Å². The highest BCUT2D eigenvalue weighted by atomic mass is 32.2. The standard InChI is InChI=1S/C11H17NO4S/c1-2-7-15-10-3-5-11(6-4-10)16-8-9-17(12,13)14/h3-6H,2,7-9H2,1H3,(H2,12,13,14). The Morgan fingerprint density at radius 2 is 1.53 bits per heavy atom. The number of rotatable bonds is 7. The first-order chi connectivity index (χ1) is 8.01. The minimum Gasteiger partial charge on any atom is -0.494 e. The van der Waals surface area contributed by atoms with E-state index < -0.39 is 10.0 Å². The van der Waals surface area contributed by atoms with E-state index >= 15 is 0 Å². The van der Waals surface area contributed by atoms with Gasteiger partial charge in [-0.3, -0.25) is 0 Å². The second-order valence-corrected chi connectivity index (χ2v) is 5.27. The Hall–Kier alpha value is -1.27. The average molecular weight is 259 g/mol. The third-order valence-corrected chi connectivity index (χ3v) is 2.67. The van der Waals surface area contributed by atoms with Gasteiger partial charge in [0.2, 0.25) is 10.0 Å². The lowest BCUT2D eigenvalue weighted by Gasteiger charge is -2.07. The Labute approximate surface area is 102 Å². The number of benzene rings is 1. The van der Waals surface area contributed by atoms with Crippen LogP contribution in [-0.4, -0.2) is 27.4 Å². The molecule has 17 heavy (non-hydrogen) atoms. The molecule has 1 aromatic carbocycles. The molecule has 0 spiro atoms. The molecule has 0 fully saturated rings. The first-order valence-corrected chi connectivity index (χ1v) is 7.09. The molecule has 1 rings (SSSR count). The van der Waals surface area contributed by atoms with Crippen LogP contribution in [0.5, 0.6) is 11.5 Å². The molecule has 0 aliphatic carbocycles. The average Bonchev–Trinajstić information content (AvgIpc) is 2.26. The lowest BCUT2D eigenvalue weighted by atomic mass is 10.3. The van der Waals surface area contributed by atoms with Crippen LogP contribution < -0.4 is 14.6 Å². The van der Waals surface area contributed by atoms with Gasteiger partial charge in [0.15, 0.2) is 0 Å². The second-order valence-electron chi connectivity index (χ2n) is 3.54. The maximum Gasteiger partial charge on any atom is 0.212 e. The topological polar surface area (TPSA) is 78.6 Å². The zero-order valence-electron chi connectivity index (χ0n) is 9.76. The van der Waals surface area contributed by atoms with E-state index in [0.29, 0.717) is 12.4 Å². The summed E-state index contributed by atoms with van der Waals surface area (Å²) in [6.07, 6.45) is 0.951. The van der Waals surface area contributed by atoms with Crippen LogP contribution in [0, 0.1) is 0 Å². The van der Waals surface area contributed by atoms with Crippen molar-refractivity contribution in [1.29, 1.82) is 0 Å². The normalized spacial score (nSPS) is 11.2. The van der Waals surface area contributed by atoms with Gasteiger partial charge < -0.3 is 9.47 Å². The van der Waals surface area contributed by atoms with Gasteiger partial charge in [0, 0.05) is 0 Å². The second kappa shape index (κ2) is 6.46. The summed E-state index contributed by atoms with van der Waals surface area (Å²) in [5.41, 5.74) is 0. The van der Waals surface area contributed by atoms with Crippen LogP contribution in [-0.2, 0) is 10.0 Å². The molecule has 0 saturated carbocycles. The smallest absolute Gasteiger partial charge is 0.212 e. The van der Waals surface area contributed by atoms with Gasteiger partial charge in [-0.15, -0.1) is 0 Å². The predicted molar refractivity (Wildman–Crippen MR) is 65.7 cm³/mol. The van der Waals surface area contributed by atoms with E-state index in [9.17, 15) is 8.42 Å². The maximum absolute atomic E-state index is 10.7. The van der Waals surface area contributed by atoms with E-state index in [-0.39, 0.29) is 12.4 Å². The summed E-state index contributed by atoms with van der Waals surface area (Å²) >= 11 is 0. The number of hydrogen-bond acceptors (Lipinski definition) is 4. The van der Waals surface area contributed by atoms with Crippen LogP contribution in [0.4, 0.5) is 0 Å². The Balaban J connectivity index is 2.40. The van der Waals surface area contributed by atoms with E-state index in [1.54, 1.807) is 24.3 Å². The highest BCUT2D eigenvalue weighted by Gasteiger charge is 2.03. The third kappa shape index (κ3) is 6.13. The molecule has 0 bridgehead atoms. The summed E-state index contributed by atoms with van der Waals surface area (Å²) < 4.78 is 32.0. The molecule has 0 amide bonds. The van der Waals surface area contributed by atoms with E-state index in [1.165, 1.54) is 0 Å². The predicted octanol–water partition coefficient (Wildman–Crippen LogP) is 1.14. The van der Waals surface area contributed by atoms with Crippen molar-refractivity contribution in [1.82, 2.24) is 0 Å². The van der Waals surface area contributed by atoms with Gasteiger partial charge in [0.25, 0.3) is 0 Å². The lowest BCUT2D eigenvalue weighted by molar-refractivity contribution is 0.314. The van der Waals surface area contributed by atoms with E-state index in [4.69, 9.17) is 14.6 Å². The fourth-order valence-electron chi connectivity index (χ4n) is 1.13. The zero-order chi connectivity index (χ0) is 12.7. The summed E-state index contributed by atoms with van der Waals surface area (Å²) in [6, 6.07) is 7.02. The van der Waals surface area contributed by atoms with Gasteiger partial charge in [0.05, 0.1) is 12.4 Å². The molecule has 0 aromatic heterocycles. The van der Waals surface area contributed by atoms with Crippen molar-refractivity contribution in [2.45, 2.75) is 13.3 Å². The quantitative estimate of drug-likeness (QED) is 0.796. The SMILES string of the molecule is CCCOc1ccc(OCCS(N)(=O)=O)cc1. The molecule has 0 atom stereocenters. The molecular weight excluding hydrogens is 242 g/mol. The van der Waals surface area contributed by atoms with Crippen molar-refractivity contribution in [3.05, 3.63) is 24.3 Å². The van der Waals surface area contributed by atoms with Crippen molar-refractivity contribution < 1.29 is 17.9 Å². The maximum atomic E-state index is 10.7. The number of nitrogens with two attached hydrogens (primary N) is 1. The minimum absolute atomic E-state index is 0.0496. The van der Waals surface area contributed by atoms with Crippen molar-refractivity contribution in [2.75, 3.05) is 19.0 Å². The van der Waals surface area contributed by atoms with Crippen LogP contribution in [0.2, 0.25) is 0 Å². The summed E-state index contributed by atoms with van der Waals surface area (Å²) in [5.74, 6) is 1.17. The molecule has 0 unspecified atom stereocenters. The summed E-state index contributed by atoms with van der Waals surface area (Å²) in [7, 11) is -3.46. The first-order valence-electron chi connectivity index (χ1n) is 5.37.